The number of hydrogen-bond donors (Lipinski definition) is 2. The number of carbonyl (C=O) groups is 2. The first kappa shape index (κ1) is 13.0. The molecule has 0 bridgehead atoms. The van der Waals surface area contributed by atoms with Crippen molar-refractivity contribution in [2.75, 3.05) is 13.6 Å². The van der Waals surface area contributed by atoms with E-state index in [1.165, 1.54) is 4.90 Å². The van der Waals surface area contributed by atoms with Crippen LogP contribution in [0.4, 0.5) is 4.79 Å². The number of nitrogens with zero attached hydrogens (tertiary/aromatic N) is 2. The average molecular weight is 237 g/mol. The first-order chi connectivity index (χ1) is 8.09. The van der Waals surface area contributed by atoms with Crippen molar-refractivity contribution in [2.45, 2.75) is 13.0 Å². The Bertz CT molecular complexity index is 381. The number of aromatic nitrogens is 1. The highest BCUT2D eigenvalue weighted by Gasteiger charge is 2.09. The number of hydrogen-bond acceptors (Lipinski definition) is 3. The molecule has 2 N–H and O–H groups in total. The van der Waals surface area contributed by atoms with E-state index in [1.807, 2.05) is 12.1 Å². The molecule has 0 atom stereocenters. The molecule has 0 aromatic carbocycles. The van der Waals surface area contributed by atoms with Crippen molar-refractivity contribution in [3.05, 3.63) is 30.1 Å². The summed E-state index contributed by atoms with van der Waals surface area (Å²) in [6, 6.07) is 5.16. The molecule has 1 aromatic heterocycles. The minimum atomic E-state index is -0.933. The third-order valence-electron chi connectivity index (χ3n) is 2.09. The highest BCUT2D eigenvalue weighted by molar-refractivity contribution is 5.74. The van der Waals surface area contributed by atoms with Crippen LogP contribution in [0.2, 0.25) is 0 Å². The van der Waals surface area contributed by atoms with Gasteiger partial charge in [0.1, 0.15) is 0 Å². The van der Waals surface area contributed by atoms with Gasteiger partial charge in [0.15, 0.2) is 0 Å². The Hall–Kier alpha value is -2.11. The second kappa shape index (κ2) is 6.47. The molecule has 1 aromatic rings. The molecule has 0 spiro atoms. The van der Waals surface area contributed by atoms with Gasteiger partial charge in [-0.25, -0.2) is 4.79 Å². The van der Waals surface area contributed by atoms with E-state index in [-0.39, 0.29) is 19.0 Å². The number of carboxylic acid groups (broad SMARTS) is 1. The van der Waals surface area contributed by atoms with Gasteiger partial charge in [0.2, 0.25) is 0 Å². The molecule has 0 saturated carbocycles. The Labute approximate surface area is 99.3 Å². The molecule has 1 heterocycles. The van der Waals surface area contributed by atoms with Gasteiger partial charge in [-0.2, -0.15) is 0 Å². The lowest BCUT2D eigenvalue weighted by molar-refractivity contribution is -0.136. The summed E-state index contributed by atoms with van der Waals surface area (Å²) < 4.78 is 0. The Kier molecular flexibility index (Phi) is 4.93. The van der Waals surface area contributed by atoms with Crippen molar-refractivity contribution in [3.8, 4) is 0 Å². The Morgan fingerprint density at radius 2 is 2.24 bits per heavy atom. The molecule has 0 unspecified atom stereocenters. The number of carboxylic acids is 1. The molecule has 2 amide bonds. The summed E-state index contributed by atoms with van der Waals surface area (Å²) in [5.41, 5.74) is 0.781. The van der Waals surface area contributed by atoms with E-state index < -0.39 is 5.97 Å². The summed E-state index contributed by atoms with van der Waals surface area (Å²) in [6.45, 7) is 0.514. The van der Waals surface area contributed by atoms with Crippen LogP contribution in [-0.2, 0) is 11.3 Å². The second-order valence-corrected chi connectivity index (χ2v) is 3.55. The number of carbonyl (C=O) groups excluding carboxylic acids is 1. The van der Waals surface area contributed by atoms with Gasteiger partial charge in [0, 0.05) is 19.8 Å². The Morgan fingerprint density at radius 3 is 2.82 bits per heavy atom. The van der Waals surface area contributed by atoms with Gasteiger partial charge in [0.05, 0.1) is 18.7 Å². The number of urea groups is 1. The zero-order valence-electron chi connectivity index (χ0n) is 9.59. The Balaban J connectivity index is 2.34. The lowest BCUT2D eigenvalue weighted by Crippen LogP contribution is -2.37. The number of nitrogens with one attached hydrogen (secondary N) is 1. The fourth-order valence-electron chi connectivity index (χ4n) is 1.22. The zero-order valence-corrected chi connectivity index (χ0v) is 9.59. The van der Waals surface area contributed by atoms with Crippen LogP contribution in [0.15, 0.2) is 24.4 Å². The molecule has 17 heavy (non-hydrogen) atoms. The quantitative estimate of drug-likeness (QED) is 0.789. The monoisotopic (exact) mass is 237 g/mol. The summed E-state index contributed by atoms with van der Waals surface area (Å²) in [5, 5.41) is 10.9. The first-order valence-corrected chi connectivity index (χ1v) is 5.20. The first-order valence-electron chi connectivity index (χ1n) is 5.20. The van der Waals surface area contributed by atoms with Gasteiger partial charge < -0.3 is 15.3 Å². The van der Waals surface area contributed by atoms with Crippen molar-refractivity contribution in [1.29, 1.82) is 0 Å². The normalized spacial score (nSPS) is 9.71. The summed E-state index contributed by atoms with van der Waals surface area (Å²) in [7, 11) is 1.63. The molecule has 92 valence electrons. The largest absolute Gasteiger partial charge is 0.481 e. The fourth-order valence-corrected chi connectivity index (χ4v) is 1.22. The van der Waals surface area contributed by atoms with Crippen LogP contribution in [-0.4, -0.2) is 40.6 Å². The van der Waals surface area contributed by atoms with Crippen LogP contribution in [0, 0.1) is 0 Å². The third-order valence-corrected chi connectivity index (χ3v) is 2.09. The van der Waals surface area contributed by atoms with Crippen LogP contribution < -0.4 is 5.32 Å². The van der Waals surface area contributed by atoms with Crippen molar-refractivity contribution < 1.29 is 14.7 Å². The van der Waals surface area contributed by atoms with Crippen LogP contribution in [0.25, 0.3) is 0 Å². The van der Waals surface area contributed by atoms with Gasteiger partial charge in [-0.3, -0.25) is 9.78 Å². The predicted octanol–water partition coefficient (Wildman–Crippen LogP) is 0.698. The molecule has 0 aliphatic heterocycles. The van der Waals surface area contributed by atoms with Crippen molar-refractivity contribution in [1.82, 2.24) is 15.2 Å². The molecule has 6 heteroatoms. The van der Waals surface area contributed by atoms with Crippen LogP contribution >= 0.6 is 0 Å². The van der Waals surface area contributed by atoms with E-state index in [4.69, 9.17) is 5.11 Å². The standard InChI is InChI=1S/C11H15N3O3/c1-14(8-9-4-2-3-6-12-9)11(17)13-7-5-10(15)16/h2-4,6H,5,7-8H2,1H3,(H,13,17)(H,15,16). The van der Waals surface area contributed by atoms with Gasteiger partial charge >= 0.3 is 12.0 Å². The van der Waals surface area contributed by atoms with Gasteiger partial charge in [-0.1, -0.05) is 6.07 Å². The summed E-state index contributed by atoms with van der Waals surface area (Å²) in [4.78, 5) is 27.3. The van der Waals surface area contributed by atoms with E-state index in [9.17, 15) is 9.59 Å². The van der Waals surface area contributed by atoms with E-state index in [2.05, 4.69) is 10.3 Å². The average Bonchev–Trinajstić information content (AvgIpc) is 2.29. The number of aliphatic carboxylic acids is 1. The summed E-state index contributed by atoms with van der Waals surface area (Å²) >= 11 is 0. The lowest BCUT2D eigenvalue weighted by Gasteiger charge is -2.17. The third kappa shape index (κ3) is 4.96. The van der Waals surface area contributed by atoms with E-state index in [1.54, 1.807) is 19.3 Å². The predicted molar refractivity (Wildman–Crippen MR) is 61.4 cm³/mol. The van der Waals surface area contributed by atoms with Crippen LogP contribution in [0.1, 0.15) is 12.1 Å². The van der Waals surface area contributed by atoms with Crippen molar-refractivity contribution in [2.24, 2.45) is 0 Å². The van der Waals surface area contributed by atoms with E-state index in [0.29, 0.717) is 6.54 Å². The molecule has 0 aliphatic rings. The maximum atomic E-state index is 11.5. The van der Waals surface area contributed by atoms with Gasteiger partial charge in [-0.15, -0.1) is 0 Å². The minimum Gasteiger partial charge on any atom is -0.481 e. The number of amides is 2. The summed E-state index contributed by atoms with van der Waals surface area (Å²) in [6.07, 6.45) is 1.58. The highest BCUT2D eigenvalue weighted by atomic mass is 16.4. The molecule has 0 aliphatic carbocycles. The van der Waals surface area contributed by atoms with Crippen LogP contribution in [0.5, 0.6) is 0 Å². The maximum Gasteiger partial charge on any atom is 0.317 e. The second-order valence-electron chi connectivity index (χ2n) is 3.55. The molecule has 1 rings (SSSR count). The molecule has 0 saturated heterocycles. The molecule has 6 nitrogen and oxygen atoms in total. The molecule has 0 radical (unpaired) electrons. The topological polar surface area (TPSA) is 82.5 Å². The minimum absolute atomic E-state index is 0.0802. The van der Waals surface area contributed by atoms with E-state index in [0.717, 1.165) is 5.69 Å². The highest BCUT2D eigenvalue weighted by Crippen LogP contribution is 1.98. The van der Waals surface area contributed by atoms with Gasteiger partial charge in [0.25, 0.3) is 0 Å². The van der Waals surface area contributed by atoms with Gasteiger partial charge in [-0.05, 0) is 12.1 Å². The molecular weight excluding hydrogens is 222 g/mol. The number of rotatable bonds is 5. The fraction of sp³-hybridized carbons (Fsp3) is 0.364. The maximum absolute atomic E-state index is 11.5. The summed E-state index contributed by atoms with van der Waals surface area (Å²) in [5.74, 6) is -0.933. The van der Waals surface area contributed by atoms with Crippen molar-refractivity contribution >= 4 is 12.0 Å². The molecular formula is C11H15N3O3. The van der Waals surface area contributed by atoms with Crippen molar-refractivity contribution in [3.63, 3.8) is 0 Å². The zero-order chi connectivity index (χ0) is 12.7. The smallest absolute Gasteiger partial charge is 0.317 e. The molecule has 0 fully saturated rings. The van der Waals surface area contributed by atoms with E-state index >= 15 is 0 Å². The SMILES string of the molecule is CN(Cc1ccccn1)C(=O)NCCC(=O)O. The Morgan fingerprint density at radius 1 is 1.47 bits per heavy atom. The lowest BCUT2D eigenvalue weighted by atomic mass is 10.3. The number of pyridine rings is 1. The van der Waals surface area contributed by atoms with Crippen LogP contribution in [0.3, 0.4) is 0 Å².